The van der Waals surface area contributed by atoms with E-state index >= 15 is 0 Å². The number of hydrogen-bond donors (Lipinski definition) is 3. The molecule has 0 atom stereocenters. The van der Waals surface area contributed by atoms with Crippen LogP contribution in [0.2, 0.25) is 0 Å². The largest absolute Gasteiger partial charge is 0.366 e. The van der Waals surface area contributed by atoms with E-state index in [0.717, 1.165) is 12.1 Å². The summed E-state index contributed by atoms with van der Waals surface area (Å²) < 4.78 is 39.1. The Hall–Kier alpha value is -2.42. The summed E-state index contributed by atoms with van der Waals surface area (Å²) in [7, 11) is -3.87. The number of primary amides is 1. The molecule has 1 heterocycles. The van der Waals surface area contributed by atoms with Gasteiger partial charge in [0.05, 0.1) is 11.8 Å². The van der Waals surface area contributed by atoms with Crippen molar-refractivity contribution in [1.29, 1.82) is 0 Å². The van der Waals surface area contributed by atoms with E-state index in [2.05, 4.69) is 14.9 Å². The van der Waals surface area contributed by atoms with Gasteiger partial charge in [-0.15, -0.1) is 0 Å². The Labute approximate surface area is 107 Å². The highest BCUT2D eigenvalue weighted by molar-refractivity contribution is 7.92. The molecule has 1 aromatic carbocycles. The zero-order chi connectivity index (χ0) is 14.0. The standard InChI is InChI=1S/C10H9FN4O3S/c11-8-2-1-6(5-7(8)10(12)16)15-19(17,18)9-3-4-13-14-9/h1-5,15H,(H2,12,16)(H,13,14). The molecule has 4 N–H and O–H groups in total. The number of nitrogens with zero attached hydrogens (tertiary/aromatic N) is 1. The van der Waals surface area contributed by atoms with Crippen LogP contribution in [0.5, 0.6) is 0 Å². The number of H-pyrrole nitrogens is 1. The maximum atomic E-state index is 13.2. The Kier molecular flexibility index (Phi) is 3.21. The van der Waals surface area contributed by atoms with Crippen LogP contribution < -0.4 is 10.5 Å². The molecule has 0 aliphatic rings. The van der Waals surface area contributed by atoms with Crippen LogP contribution in [0.25, 0.3) is 0 Å². The number of rotatable bonds is 4. The number of amides is 1. The van der Waals surface area contributed by atoms with Gasteiger partial charge >= 0.3 is 0 Å². The van der Waals surface area contributed by atoms with Gasteiger partial charge in [-0.3, -0.25) is 14.6 Å². The molecule has 0 saturated carbocycles. The zero-order valence-electron chi connectivity index (χ0n) is 9.42. The van der Waals surface area contributed by atoms with Crippen LogP contribution in [-0.4, -0.2) is 24.5 Å². The number of anilines is 1. The van der Waals surface area contributed by atoms with Crippen LogP contribution in [0.3, 0.4) is 0 Å². The number of hydrogen-bond acceptors (Lipinski definition) is 4. The number of sulfonamides is 1. The summed E-state index contributed by atoms with van der Waals surface area (Å²) in [6.45, 7) is 0. The number of benzene rings is 1. The second-order valence-corrected chi connectivity index (χ2v) is 5.24. The van der Waals surface area contributed by atoms with Gasteiger partial charge in [0.2, 0.25) is 0 Å². The third kappa shape index (κ3) is 2.71. The number of carbonyl (C=O) groups is 1. The average Bonchev–Trinajstić information content (AvgIpc) is 2.85. The van der Waals surface area contributed by atoms with E-state index in [-0.39, 0.29) is 10.7 Å². The van der Waals surface area contributed by atoms with Gasteiger partial charge in [0.15, 0.2) is 5.03 Å². The Morgan fingerprint density at radius 1 is 1.37 bits per heavy atom. The van der Waals surface area contributed by atoms with E-state index in [9.17, 15) is 17.6 Å². The lowest BCUT2D eigenvalue weighted by molar-refractivity contribution is 0.0996. The van der Waals surface area contributed by atoms with Crippen molar-refractivity contribution >= 4 is 21.6 Å². The Morgan fingerprint density at radius 3 is 2.68 bits per heavy atom. The molecule has 19 heavy (non-hydrogen) atoms. The average molecular weight is 284 g/mol. The number of nitrogens with one attached hydrogen (secondary N) is 2. The molecule has 1 aromatic heterocycles. The van der Waals surface area contributed by atoms with Crippen LogP contribution >= 0.6 is 0 Å². The first kappa shape index (κ1) is 13.0. The third-order valence-corrected chi connectivity index (χ3v) is 3.56. The van der Waals surface area contributed by atoms with Crippen molar-refractivity contribution in [1.82, 2.24) is 10.2 Å². The first-order chi connectivity index (χ1) is 8.90. The first-order valence-corrected chi connectivity index (χ1v) is 6.50. The van der Waals surface area contributed by atoms with Crippen LogP contribution in [0.15, 0.2) is 35.5 Å². The van der Waals surface area contributed by atoms with Crippen LogP contribution in [-0.2, 0) is 10.0 Å². The van der Waals surface area contributed by atoms with Gasteiger partial charge in [-0.1, -0.05) is 0 Å². The minimum absolute atomic E-state index is 0.0183. The third-order valence-electron chi connectivity index (χ3n) is 2.25. The quantitative estimate of drug-likeness (QED) is 0.755. The Bertz CT molecular complexity index is 712. The van der Waals surface area contributed by atoms with Gasteiger partial charge in [-0.2, -0.15) is 13.5 Å². The second kappa shape index (κ2) is 4.69. The van der Waals surface area contributed by atoms with Gasteiger partial charge < -0.3 is 5.73 Å². The predicted octanol–water partition coefficient (Wildman–Crippen LogP) is 0.448. The van der Waals surface area contributed by atoms with Gasteiger partial charge in [-0.05, 0) is 24.3 Å². The number of nitrogens with two attached hydrogens (primary N) is 1. The van der Waals surface area contributed by atoms with Crippen molar-refractivity contribution in [3.63, 3.8) is 0 Å². The van der Waals surface area contributed by atoms with Crippen LogP contribution in [0.4, 0.5) is 10.1 Å². The summed E-state index contributed by atoms with van der Waals surface area (Å²) in [4.78, 5) is 11.0. The van der Waals surface area contributed by atoms with Crippen LogP contribution in [0, 0.1) is 5.82 Å². The maximum Gasteiger partial charge on any atom is 0.278 e. The number of aromatic amines is 1. The lowest BCUT2D eigenvalue weighted by atomic mass is 10.2. The SMILES string of the molecule is NC(=O)c1cc(NS(=O)(=O)c2ccn[nH]2)ccc1F. The monoisotopic (exact) mass is 284 g/mol. The molecular weight excluding hydrogens is 275 g/mol. The molecule has 1 amide bonds. The summed E-state index contributed by atoms with van der Waals surface area (Å²) in [5.41, 5.74) is 4.59. The molecule has 2 rings (SSSR count). The summed E-state index contributed by atoms with van der Waals surface area (Å²) in [5.74, 6) is -1.81. The molecule has 2 aromatic rings. The molecule has 100 valence electrons. The van der Waals surface area contributed by atoms with Crippen molar-refractivity contribution in [2.24, 2.45) is 5.73 Å². The molecule has 0 aliphatic heterocycles. The molecule has 0 saturated heterocycles. The van der Waals surface area contributed by atoms with Crippen molar-refractivity contribution < 1.29 is 17.6 Å². The first-order valence-electron chi connectivity index (χ1n) is 5.02. The summed E-state index contributed by atoms with van der Waals surface area (Å²) in [5, 5.41) is 5.64. The molecular formula is C10H9FN4O3S. The number of aromatic nitrogens is 2. The van der Waals surface area contributed by atoms with E-state index in [1.807, 2.05) is 0 Å². The number of carbonyl (C=O) groups excluding carboxylic acids is 1. The molecule has 0 unspecified atom stereocenters. The molecule has 0 spiro atoms. The minimum Gasteiger partial charge on any atom is -0.366 e. The molecule has 0 aliphatic carbocycles. The lowest BCUT2D eigenvalue weighted by Gasteiger charge is -2.07. The van der Waals surface area contributed by atoms with Gasteiger partial charge in [0, 0.05) is 5.69 Å². The minimum atomic E-state index is -3.87. The fourth-order valence-electron chi connectivity index (χ4n) is 1.38. The topological polar surface area (TPSA) is 118 Å². The normalized spacial score (nSPS) is 11.2. The predicted molar refractivity (Wildman–Crippen MR) is 64.3 cm³/mol. The number of halogens is 1. The maximum absolute atomic E-state index is 13.2. The van der Waals surface area contributed by atoms with Crippen LogP contribution in [0.1, 0.15) is 10.4 Å². The van der Waals surface area contributed by atoms with E-state index in [1.165, 1.54) is 18.3 Å². The molecule has 0 bridgehead atoms. The van der Waals surface area contributed by atoms with E-state index in [1.54, 1.807) is 0 Å². The highest BCUT2D eigenvalue weighted by Crippen LogP contribution is 2.17. The zero-order valence-corrected chi connectivity index (χ0v) is 10.2. The fraction of sp³-hybridized carbons (Fsp3) is 0. The molecule has 0 radical (unpaired) electrons. The Morgan fingerprint density at radius 2 is 2.11 bits per heavy atom. The highest BCUT2D eigenvalue weighted by atomic mass is 32.2. The summed E-state index contributed by atoms with van der Waals surface area (Å²) in [6, 6.07) is 4.40. The van der Waals surface area contributed by atoms with Gasteiger partial charge in [-0.25, -0.2) is 4.39 Å². The van der Waals surface area contributed by atoms with Crippen molar-refractivity contribution in [3.8, 4) is 0 Å². The Balaban J connectivity index is 2.35. The van der Waals surface area contributed by atoms with Crippen molar-refractivity contribution in [2.75, 3.05) is 4.72 Å². The molecule has 9 heteroatoms. The van der Waals surface area contributed by atoms with Crippen molar-refractivity contribution in [3.05, 3.63) is 41.8 Å². The smallest absolute Gasteiger partial charge is 0.278 e. The second-order valence-electron chi connectivity index (χ2n) is 3.59. The summed E-state index contributed by atoms with van der Waals surface area (Å²) in [6.07, 6.45) is 1.27. The van der Waals surface area contributed by atoms with E-state index in [4.69, 9.17) is 5.73 Å². The summed E-state index contributed by atoms with van der Waals surface area (Å²) >= 11 is 0. The van der Waals surface area contributed by atoms with E-state index < -0.39 is 27.3 Å². The molecule has 7 nitrogen and oxygen atoms in total. The lowest BCUT2D eigenvalue weighted by Crippen LogP contribution is -2.16. The molecule has 0 fully saturated rings. The fourth-order valence-corrected chi connectivity index (χ4v) is 2.34. The highest BCUT2D eigenvalue weighted by Gasteiger charge is 2.17. The van der Waals surface area contributed by atoms with Crippen molar-refractivity contribution in [2.45, 2.75) is 5.03 Å². The van der Waals surface area contributed by atoms with Gasteiger partial charge in [0.25, 0.3) is 15.9 Å². The van der Waals surface area contributed by atoms with Gasteiger partial charge in [0.1, 0.15) is 5.82 Å². The van der Waals surface area contributed by atoms with E-state index in [0.29, 0.717) is 0 Å².